The summed E-state index contributed by atoms with van der Waals surface area (Å²) in [5.74, 6) is 0. The molecule has 7 heteroatoms. The van der Waals surface area contributed by atoms with Crippen molar-refractivity contribution < 1.29 is 8.95 Å². The molecule has 1 aliphatic rings. The molecule has 1 N–H and O–H groups in total. The van der Waals surface area contributed by atoms with E-state index in [4.69, 9.17) is 4.74 Å². The van der Waals surface area contributed by atoms with Crippen molar-refractivity contribution in [2.45, 2.75) is 31.1 Å². The van der Waals surface area contributed by atoms with Crippen LogP contribution in [0.15, 0.2) is 17.0 Å². The molecule has 0 radical (unpaired) electrons. The number of nitrogens with zero attached hydrogens (tertiary/aromatic N) is 2. The van der Waals surface area contributed by atoms with Crippen molar-refractivity contribution in [3.63, 3.8) is 0 Å². The number of ether oxygens (including phenoxy) is 1. The van der Waals surface area contributed by atoms with Gasteiger partial charge in [-0.2, -0.15) is 0 Å². The lowest BCUT2D eigenvalue weighted by atomic mass is 9.95. The van der Waals surface area contributed by atoms with Gasteiger partial charge in [-0.05, 0) is 36.7 Å². The highest BCUT2D eigenvalue weighted by Crippen LogP contribution is 2.29. The lowest BCUT2D eigenvalue weighted by Gasteiger charge is -2.42. The smallest absolute Gasteiger partial charge is 0.124 e. The average molecular weight is 334 g/mol. The van der Waals surface area contributed by atoms with Crippen LogP contribution in [-0.2, 0) is 21.3 Å². The summed E-state index contributed by atoms with van der Waals surface area (Å²) in [5, 5.41) is 0. The van der Waals surface area contributed by atoms with Crippen molar-refractivity contribution in [1.82, 2.24) is 14.7 Å². The van der Waals surface area contributed by atoms with Gasteiger partial charge in [0.2, 0.25) is 0 Å². The summed E-state index contributed by atoms with van der Waals surface area (Å²) in [5.41, 5.74) is 0.279. The molecule has 0 aliphatic carbocycles. The van der Waals surface area contributed by atoms with Gasteiger partial charge in [0, 0.05) is 0 Å². The molecule has 0 aromatic carbocycles. The molecular formula is C11H16BrN3O2S. The van der Waals surface area contributed by atoms with Crippen molar-refractivity contribution in [3.05, 3.63) is 22.7 Å². The van der Waals surface area contributed by atoms with Crippen LogP contribution in [0.4, 0.5) is 0 Å². The highest BCUT2D eigenvalue weighted by atomic mass is 79.9. The summed E-state index contributed by atoms with van der Waals surface area (Å²) in [6.45, 7) is 6.71. The van der Waals surface area contributed by atoms with Gasteiger partial charge in [-0.15, -0.1) is 0 Å². The Morgan fingerprint density at radius 2 is 2.06 bits per heavy atom. The van der Waals surface area contributed by atoms with Gasteiger partial charge in [0.15, 0.2) is 0 Å². The Bertz CT molecular complexity index is 454. The lowest BCUT2D eigenvalue weighted by molar-refractivity contribution is -0.0683. The molecule has 1 saturated heterocycles. The van der Waals surface area contributed by atoms with Gasteiger partial charge in [-0.25, -0.2) is 13.9 Å². The van der Waals surface area contributed by atoms with Gasteiger partial charge < -0.3 is 4.74 Å². The maximum atomic E-state index is 12.2. The molecule has 0 unspecified atom stereocenters. The van der Waals surface area contributed by atoms with E-state index in [2.05, 4.69) is 30.6 Å². The van der Waals surface area contributed by atoms with E-state index in [1.165, 1.54) is 0 Å². The Balaban J connectivity index is 2.21. The number of halogens is 1. The van der Waals surface area contributed by atoms with Crippen LogP contribution in [0.2, 0.25) is 0 Å². The SMILES string of the molecule is CC(C)(C)[S@](=O)NC1(c2cnc(Br)cn2)COC1. The monoisotopic (exact) mass is 333 g/mol. The van der Waals surface area contributed by atoms with Crippen LogP contribution in [0, 0.1) is 0 Å². The summed E-state index contributed by atoms with van der Waals surface area (Å²) < 4.78 is 20.9. The minimum atomic E-state index is -1.17. The van der Waals surface area contributed by atoms with Crippen molar-refractivity contribution >= 4 is 26.9 Å². The first kappa shape index (κ1) is 14.0. The molecule has 0 spiro atoms. The molecule has 0 saturated carbocycles. The zero-order valence-corrected chi connectivity index (χ0v) is 13.0. The first-order valence-electron chi connectivity index (χ1n) is 5.59. The highest BCUT2D eigenvalue weighted by molar-refractivity contribution is 9.10. The predicted molar refractivity (Wildman–Crippen MR) is 73.3 cm³/mol. The van der Waals surface area contributed by atoms with Crippen LogP contribution < -0.4 is 4.72 Å². The quantitative estimate of drug-likeness (QED) is 0.910. The fraction of sp³-hybridized carbons (Fsp3) is 0.636. The average Bonchev–Trinajstić information content (AvgIpc) is 2.23. The molecule has 100 valence electrons. The Labute approximate surface area is 117 Å². The highest BCUT2D eigenvalue weighted by Gasteiger charge is 2.44. The molecule has 1 atom stereocenters. The predicted octanol–water partition coefficient (Wildman–Crippen LogP) is 1.52. The topological polar surface area (TPSA) is 64.1 Å². The molecular weight excluding hydrogens is 318 g/mol. The second-order valence-electron chi connectivity index (χ2n) is 5.28. The lowest BCUT2D eigenvalue weighted by Crippen LogP contribution is -2.60. The zero-order chi connectivity index (χ0) is 13.4. The third-order valence-corrected chi connectivity index (χ3v) is 4.75. The maximum Gasteiger partial charge on any atom is 0.124 e. The first-order chi connectivity index (χ1) is 8.33. The molecule has 18 heavy (non-hydrogen) atoms. The van der Waals surface area contributed by atoms with Gasteiger partial charge in [-0.3, -0.25) is 4.98 Å². The van der Waals surface area contributed by atoms with E-state index in [-0.39, 0.29) is 4.75 Å². The van der Waals surface area contributed by atoms with Crippen LogP contribution in [0.3, 0.4) is 0 Å². The van der Waals surface area contributed by atoms with Gasteiger partial charge >= 0.3 is 0 Å². The van der Waals surface area contributed by atoms with Crippen LogP contribution >= 0.6 is 15.9 Å². The van der Waals surface area contributed by atoms with E-state index in [1.54, 1.807) is 12.4 Å². The zero-order valence-electron chi connectivity index (χ0n) is 10.6. The largest absolute Gasteiger partial charge is 0.377 e. The molecule has 2 rings (SSSR count). The van der Waals surface area contributed by atoms with Crippen molar-refractivity contribution in [2.75, 3.05) is 13.2 Å². The van der Waals surface area contributed by atoms with Crippen molar-refractivity contribution in [2.24, 2.45) is 0 Å². The van der Waals surface area contributed by atoms with E-state index >= 15 is 0 Å². The first-order valence-corrected chi connectivity index (χ1v) is 7.53. The Kier molecular flexibility index (Phi) is 3.87. The van der Waals surface area contributed by atoms with Crippen LogP contribution in [-0.4, -0.2) is 32.1 Å². The van der Waals surface area contributed by atoms with Crippen LogP contribution in [0.1, 0.15) is 26.5 Å². The Morgan fingerprint density at radius 3 is 2.44 bits per heavy atom. The normalized spacial score (nSPS) is 20.2. The molecule has 1 aromatic rings. The second kappa shape index (κ2) is 4.96. The summed E-state index contributed by atoms with van der Waals surface area (Å²) in [6.07, 6.45) is 3.32. The molecule has 1 aromatic heterocycles. The maximum absolute atomic E-state index is 12.2. The van der Waals surface area contributed by atoms with Gasteiger partial charge in [0.1, 0.15) is 10.1 Å². The Morgan fingerprint density at radius 1 is 1.39 bits per heavy atom. The summed E-state index contributed by atoms with van der Waals surface area (Å²) in [4.78, 5) is 8.48. The molecule has 2 heterocycles. The van der Waals surface area contributed by atoms with E-state index in [1.807, 2.05) is 20.8 Å². The van der Waals surface area contributed by atoms with E-state index < -0.39 is 16.5 Å². The number of hydrogen-bond acceptors (Lipinski definition) is 4. The van der Waals surface area contributed by atoms with Gasteiger partial charge in [-0.1, -0.05) is 0 Å². The van der Waals surface area contributed by atoms with Crippen molar-refractivity contribution in [3.8, 4) is 0 Å². The van der Waals surface area contributed by atoms with Crippen LogP contribution in [0.25, 0.3) is 0 Å². The number of aromatic nitrogens is 2. The minimum Gasteiger partial charge on any atom is -0.377 e. The number of nitrogens with one attached hydrogen (secondary N) is 1. The second-order valence-corrected chi connectivity index (χ2v) is 8.06. The fourth-order valence-corrected chi connectivity index (χ4v) is 2.54. The number of rotatable bonds is 3. The molecule has 5 nitrogen and oxygen atoms in total. The third kappa shape index (κ3) is 2.79. The standard InChI is InChI=1S/C11H16BrN3O2S/c1-10(2,3)18(16)15-11(6-17-7-11)8-4-14-9(12)5-13-8/h4-5,15H,6-7H2,1-3H3/t18-/m0/s1. The number of hydrogen-bond donors (Lipinski definition) is 1. The summed E-state index contributed by atoms with van der Waals surface area (Å²) in [7, 11) is -1.17. The fourth-order valence-electron chi connectivity index (χ4n) is 1.46. The summed E-state index contributed by atoms with van der Waals surface area (Å²) >= 11 is 3.25. The van der Waals surface area contributed by atoms with Crippen molar-refractivity contribution in [1.29, 1.82) is 0 Å². The van der Waals surface area contributed by atoms with Gasteiger partial charge in [0.05, 0.1) is 47.0 Å². The summed E-state index contributed by atoms with van der Waals surface area (Å²) in [6, 6.07) is 0. The van der Waals surface area contributed by atoms with Gasteiger partial charge in [0.25, 0.3) is 0 Å². The molecule has 1 fully saturated rings. The van der Waals surface area contributed by atoms with E-state index in [9.17, 15) is 4.21 Å². The Hall–Kier alpha value is -0.370. The van der Waals surface area contributed by atoms with E-state index in [0.29, 0.717) is 17.8 Å². The van der Waals surface area contributed by atoms with E-state index in [0.717, 1.165) is 5.69 Å². The van der Waals surface area contributed by atoms with Crippen LogP contribution in [0.5, 0.6) is 0 Å². The third-order valence-electron chi connectivity index (χ3n) is 2.65. The molecule has 0 amide bonds. The minimum absolute atomic E-state index is 0.328. The molecule has 0 bridgehead atoms. The molecule has 1 aliphatic heterocycles.